The molecule has 1 aromatic carbocycles. The van der Waals surface area contributed by atoms with Crippen LogP contribution in [-0.4, -0.2) is 34.9 Å². The zero-order valence-corrected chi connectivity index (χ0v) is 17.7. The third-order valence-electron chi connectivity index (χ3n) is 3.82. The molecule has 0 atom stereocenters. The molecule has 0 unspecified atom stereocenters. The molecular weight excluding hydrogens is 686 g/mol. The number of nitrogen functional groups attached to an aromatic ring is 2. The molecule has 0 saturated heterocycles. The standard InChI is InChI=1S/C12H6F12I2N2O2/c13-9(14,15)7(29,10(16,17)18)1-3(25)6(28)2(4(26)5(1)27)8(30,11(19,20)21)12(22,23)24/h29-30H,27-28H2. The molecular formula is C12H6F12I2N2O2. The SMILES string of the molecule is Nc1c(I)c(C(O)(C(F)(F)F)C(F)(F)F)c(N)c(I)c1C(O)(C(F)(F)F)C(F)(F)F. The van der Waals surface area contributed by atoms with Crippen LogP contribution in [0, 0.1) is 7.14 Å². The Bertz CT molecular complexity index is 718. The van der Waals surface area contributed by atoms with Gasteiger partial charge in [-0.05, 0) is 45.2 Å². The number of benzene rings is 1. The number of hydrogen-bond donors (Lipinski definition) is 4. The fourth-order valence-electron chi connectivity index (χ4n) is 2.32. The highest BCUT2D eigenvalue weighted by Crippen LogP contribution is 2.58. The summed E-state index contributed by atoms with van der Waals surface area (Å²) in [6.07, 6.45) is -26.3. The number of halogens is 14. The Hall–Kier alpha value is -0.640. The summed E-state index contributed by atoms with van der Waals surface area (Å²) >= 11 is 0.921. The van der Waals surface area contributed by atoms with E-state index in [-0.39, 0.29) is 0 Å². The zero-order chi connectivity index (χ0) is 24.5. The Balaban J connectivity index is 4.28. The average Bonchev–Trinajstić information content (AvgIpc) is 2.48. The van der Waals surface area contributed by atoms with E-state index in [1.807, 2.05) is 0 Å². The van der Waals surface area contributed by atoms with Crippen LogP contribution < -0.4 is 11.5 Å². The van der Waals surface area contributed by atoms with Crippen molar-refractivity contribution in [3.05, 3.63) is 18.3 Å². The molecule has 0 heterocycles. The Morgan fingerprint density at radius 1 is 0.500 bits per heavy atom. The van der Waals surface area contributed by atoms with Crippen molar-refractivity contribution >= 4 is 56.6 Å². The van der Waals surface area contributed by atoms with Crippen LogP contribution in [0.25, 0.3) is 0 Å². The van der Waals surface area contributed by atoms with Crippen molar-refractivity contribution in [3.8, 4) is 0 Å². The van der Waals surface area contributed by atoms with E-state index in [2.05, 4.69) is 0 Å². The second kappa shape index (κ2) is 7.46. The maximum Gasteiger partial charge on any atom is 0.430 e. The number of aliphatic hydroxyl groups is 2. The van der Waals surface area contributed by atoms with Crippen molar-refractivity contribution in [2.24, 2.45) is 0 Å². The minimum absolute atomic E-state index is 0.460. The van der Waals surface area contributed by atoms with Crippen LogP contribution >= 0.6 is 45.2 Å². The third kappa shape index (κ3) is 3.73. The van der Waals surface area contributed by atoms with Crippen molar-refractivity contribution in [3.63, 3.8) is 0 Å². The Morgan fingerprint density at radius 2 is 0.667 bits per heavy atom. The summed E-state index contributed by atoms with van der Waals surface area (Å²) in [6.45, 7) is 0. The van der Waals surface area contributed by atoms with Crippen LogP contribution in [0.15, 0.2) is 0 Å². The first kappa shape index (κ1) is 27.4. The molecule has 0 radical (unpaired) electrons. The highest BCUT2D eigenvalue weighted by atomic mass is 127. The molecule has 1 aromatic rings. The van der Waals surface area contributed by atoms with E-state index in [4.69, 9.17) is 11.5 Å². The van der Waals surface area contributed by atoms with Crippen molar-refractivity contribution in [2.75, 3.05) is 11.5 Å². The summed E-state index contributed by atoms with van der Waals surface area (Å²) in [6, 6.07) is 0. The first-order valence-electron chi connectivity index (χ1n) is 6.67. The van der Waals surface area contributed by atoms with Crippen molar-refractivity contribution < 1.29 is 62.9 Å². The van der Waals surface area contributed by atoms with Crippen molar-refractivity contribution in [2.45, 2.75) is 35.9 Å². The van der Waals surface area contributed by atoms with Gasteiger partial charge in [-0.3, -0.25) is 0 Å². The molecule has 0 amide bonds. The molecule has 30 heavy (non-hydrogen) atoms. The fourth-order valence-corrected chi connectivity index (χ4v) is 4.22. The summed E-state index contributed by atoms with van der Waals surface area (Å²) < 4.78 is 154. The molecule has 4 nitrogen and oxygen atoms in total. The first-order valence-corrected chi connectivity index (χ1v) is 8.83. The molecule has 0 aromatic heterocycles. The zero-order valence-electron chi connectivity index (χ0n) is 13.3. The number of anilines is 2. The lowest BCUT2D eigenvalue weighted by Gasteiger charge is -2.38. The van der Waals surface area contributed by atoms with Gasteiger partial charge in [0.05, 0.1) is 11.4 Å². The second-order valence-electron chi connectivity index (χ2n) is 5.62. The monoisotopic (exact) mass is 692 g/mol. The molecule has 0 aliphatic carbocycles. The Labute approximate surface area is 184 Å². The van der Waals surface area contributed by atoms with Gasteiger partial charge in [-0.15, -0.1) is 0 Å². The molecule has 1 rings (SSSR count). The van der Waals surface area contributed by atoms with E-state index >= 15 is 0 Å². The molecule has 0 saturated carbocycles. The molecule has 174 valence electrons. The van der Waals surface area contributed by atoms with E-state index in [1.165, 1.54) is 0 Å². The first-order chi connectivity index (χ1) is 12.9. The highest BCUT2D eigenvalue weighted by Gasteiger charge is 2.75. The predicted octanol–water partition coefficient (Wildman–Crippen LogP) is 4.68. The van der Waals surface area contributed by atoms with Gasteiger partial charge in [0.15, 0.2) is 0 Å². The lowest BCUT2D eigenvalue weighted by atomic mass is 9.84. The second-order valence-corrected chi connectivity index (χ2v) is 7.77. The molecule has 0 bridgehead atoms. The molecule has 0 aliphatic heterocycles. The van der Waals surface area contributed by atoms with Gasteiger partial charge >= 0.3 is 24.7 Å². The molecule has 18 heteroatoms. The normalized spacial score (nSPS) is 14.9. The van der Waals surface area contributed by atoms with E-state index in [0.29, 0.717) is 45.2 Å². The van der Waals surface area contributed by atoms with Gasteiger partial charge in [-0.25, -0.2) is 0 Å². The smallest absolute Gasteiger partial charge is 0.398 e. The van der Waals surface area contributed by atoms with Crippen LogP contribution in [0.1, 0.15) is 11.1 Å². The van der Waals surface area contributed by atoms with Gasteiger partial charge in [0.2, 0.25) is 0 Å². The van der Waals surface area contributed by atoms with Crippen LogP contribution in [0.2, 0.25) is 0 Å². The number of hydrogen-bond acceptors (Lipinski definition) is 4. The largest absolute Gasteiger partial charge is 0.430 e. The highest BCUT2D eigenvalue weighted by molar-refractivity contribution is 14.1. The summed E-state index contributed by atoms with van der Waals surface area (Å²) in [4.78, 5) is 0. The fraction of sp³-hybridized carbons (Fsp3) is 0.500. The van der Waals surface area contributed by atoms with Gasteiger partial charge in [-0.2, -0.15) is 52.7 Å². The van der Waals surface area contributed by atoms with Gasteiger partial charge in [-0.1, -0.05) is 0 Å². The summed E-state index contributed by atoms with van der Waals surface area (Å²) in [5.74, 6) is 0. The minimum atomic E-state index is -6.57. The minimum Gasteiger partial charge on any atom is -0.398 e. The average molecular weight is 692 g/mol. The third-order valence-corrected chi connectivity index (χ3v) is 6.06. The molecule has 0 aliphatic rings. The van der Waals surface area contributed by atoms with Gasteiger partial charge < -0.3 is 21.7 Å². The van der Waals surface area contributed by atoms with Crippen molar-refractivity contribution in [1.82, 2.24) is 0 Å². The van der Waals surface area contributed by atoms with Crippen LogP contribution in [-0.2, 0) is 11.2 Å². The maximum atomic E-state index is 13.1. The quantitative estimate of drug-likeness (QED) is 0.206. The van der Waals surface area contributed by atoms with Crippen LogP contribution in [0.5, 0.6) is 0 Å². The maximum absolute atomic E-state index is 13.1. The Morgan fingerprint density at radius 3 is 0.800 bits per heavy atom. The lowest BCUT2D eigenvalue weighted by molar-refractivity contribution is -0.377. The van der Waals surface area contributed by atoms with Gasteiger partial charge in [0.25, 0.3) is 11.2 Å². The number of nitrogens with two attached hydrogens (primary N) is 2. The lowest BCUT2D eigenvalue weighted by Crippen LogP contribution is -2.56. The number of rotatable bonds is 2. The van der Waals surface area contributed by atoms with E-state index in [9.17, 15) is 62.9 Å². The van der Waals surface area contributed by atoms with Crippen molar-refractivity contribution in [1.29, 1.82) is 0 Å². The van der Waals surface area contributed by atoms with Gasteiger partial charge in [0.1, 0.15) is 0 Å². The molecule has 0 fully saturated rings. The van der Waals surface area contributed by atoms with E-state index in [0.717, 1.165) is 0 Å². The summed E-state index contributed by atoms with van der Waals surface area (Å²) in [7, 11) is 0. The number of alkyl halides is 12. The van der Waals surface area contributed by atoms with E-state index in [1.54, 1.807) is 0 Å². The van der Waals surface area contributed by atoms with Crippen LogP contribution in [0.3, 0.4) is 0 Å². The summed E-state index contributed by atoms with van der Waals surface area (Å²) in [5.41, 5.74) is -10.1. The van der Waals surface area contributed by atoms with E-state index < -0.39 is 65.5 Å². The summed E-state index contributed by atoms with van der Waals surface area (Å²) in [5, 5.41) is 19.0. The van der Waals surface area contributed by atoms with Gasteiger partial charge in [0, 0.05) is 18.3 Å². The predicted molar refractivity (Wildman–Crippen MR) is 92.7 cm³/mol. The topological polar surface area (TPSA) is 92.5 Å². The molecule has 6 N–H and O–H groups in total. The van der Waals surface area contributed by atoms with Crippen LogP contribution in [0.4, 0.5) is 64.1 Å². The molecule has 0 spiro atoms. The Kier molecular flexibility index (Phi) is 6.81.